The maximum atomic E-state index is 12.6. The van der Waals surface area contributed by atoms with E-state index in [2.05, 4.69) is 4.98 Å². The summed E-state index contributed by atoms with van der Waals surface area (Å²) in [7, 11) is 0. The molecule has 21 heavy (non-hydrogen) atoms. The SMILES string of the molecule is CCOC(=O)C1CCCCN1C(=O)c1cnc(Cl)c(Cl)c1. The maximum absolute atomic E-state index is 12.6. The molecule has 1 unspecified atom stereocenters. The van der Waals surface area contributed by atoms with Crippen LogP contribution < -0.4 is 0 Å². The Morgan fingerprint density at radius 2 is 2.19 bits per heavy atom. The number of carbonyl (C=O) groups is 2. The van der Waals surface area contributed by atoms with Crippen LogP contribution in [0.4, 0.5) is 0 Å². The van der Waals surface area contributed by atoms with Gasteiger partial charge in [-0.15, -0.1) is 0 Å². The first-order valence-electron chi connectivity index (χ1n) is 6.83. The summed E-state index contributed by atoms with van der Waals surface area (Å²) in [6.07, 6.45) is 3.73. The average molecular weight is 331 g/mol. The van der Waals surface area contributed by atoms with Gasteiger partial charge in [0.15, 0.2) is 0 Å². The predicted octanol–water partition coefficient (Wildman–Crippen LogP) is 2.95. The third-order valence-corrected chi connectivity index (χ3v) is 4.05. The Hall–Kier alpha value is -1.33. The van der Waals surface area contributed by atoms with Crippen LogP contribution in [0.1, 0.15) is 36.5 Å². The molecule has 0 aromatic carbocycles. The lowest BCUT2D eigenvalue weighted by Gasteiger charge is -2.34. The minimum absolute atomic E-state index is 0.147. The van der Waals surface area contributed by atoms with E-state index in [1.54, 1.807) is 6.92 Å². The van der Waals surface area contributed by atoms with E-state index in [0.717, 1.165) is 12.8 Å². The Kier molecular flexibility index (Phi) is 5.42. The van der Waals surface area contributed by atoms with Crippen LogP contribution in [0, 0.1) is 0 Å². The number of amides is 1. The van der Waals surface area contributed by atoms with Gasteiger partial charge in [0.2, 0.25) is 0 Å². The van der Waals surface area contributed by atoms with E-state index in [1.165, 1.54) is 17.2 Å². The number of likely N-dealkylation sites (tertiary alicyclic amines) is 1. The van der Waals surface area contributed by atoms with Crippen molar-refractivity contribution in [2.45, 2.75) is 32.2 Å². The Balaban J connectivity index is 2.21. The topological polar surface area (TPSA) is 59.5 Å². The molecule has 7 heteroatoms. The van der Waals surface area contributed by atoms with Crippen molar-refractivity contribution in [1.82, 2.24) is 9.88 Å². The third kappa shape index (κ3) is 3.66. The van der Waals surface area contributed by atoms with Crippen molar-refractivity contribution in [2.75, 3.05) is 13.2 Å². The number of rotatable bonds is 3. The second-order valence-corrected chi connectivity index (χ2v) is 5.52. The van der Waals surface area contributed by atoms with Crippen LogP contribution in [-0.4, -0.2) is 41.0 Å². The van der Waals surface area contributed by atoms with Gasteiger partial charge in [-0.2, -0.15) is 0 Å². The fraction of sp³-hybridized carbons (Fsp3) is 0.500. The molecule has 1 aromatic heterocycles. The van der Waals surface area contributed by atoms with Crippen LogP contribution in [0.5, 0.6) is 0 Å². The molecule has 0 spiro atoms. The molecule has 5 nitrogen and oxygen atoms in total. The number of carbonyl (C=O) groups excluding carboxylic acids is 2. The Labute approximate surface area is 133 Å². The monoisotopic (exact) mass is 330 g/mol. The number of ether oxygens (including phenoxy) is 1. The summed E-state index contributed by atoms with van der Waals surface area (Å²) in [6.45, 7) is 2.56. The lowest BCUT2D eigenvalue weighted by molar-refractivity contribution is -0.149. The quantitative estimate of drug-likeness (QED) is 0.631. The lowest BCUT2D eigenvalue weighted by Crippen LogP contribution is -2.48. The van der Waals surface area contributed by atoms with Crippen LogP contribution in [0.3, 0.4) is 0 Å². The van der Waals surface area contributed by atoms with Crippen molar-refractivity contribution in [3.8, 4) is 0 Å². The van der Waals surface area contributed by atoms with Crippen molar-refractivity contribution in [3.05, 3.63) is 28.0 Å². The first kappa shape index (κ1) is 16.0. The van der Waals surface area contributed by atoms with Gasteiger partial charge >= 0.3 is 5.97 Å². The number of piperidine rings is 1. The highest BCUT2D eigenvalue weighted by atomic mass is 35.5. The first-order chi connectivity index (χ1) is 10.0. The minimum Gasteiger partial charge on any atom is -0.464 e. The molecule has 2 rings (SSSR count). The molecular formula is C14H16Cl2N2O3. The second kappa shape index (κ2) is 7.09. The van der Waals surface area contributed by atoms with E-state index in [0.29, 0.717) is 25.1 Å². The number of hydrogen-bond acceptors (Lipinski definition) is 4. The number of halogens is 2. The molecular weight excluding hydrogens is 315 g/mol. The van der Waals surface area contributed by atoms with E-state index in [9.17, 15) is 9.59 Å². The number of pyridine rings is 1. The van der Waals surface area contributed by atoms with Gasteiger partial charge < -0.3 is 9.64 Å². The van der Waals surface area contributed by atoms with Crippen molar-refractivity contribution < 1.29 is 14.3 Å². The van der Waals surface area contributed by atoms with Gasteiger partial charge in [0, 0.05) is 12.7 Å². The largest absolute Gasteiger partial charge is 0.464 e. The van der Waals surface area contributed by atoms with Gasteiger partial charge in [-0.1, -0.05) is 23.2 Å². The molecule has 0 radical (unpaired) electrons. The van der Waals surface area contributed by atoms with E-state index < -0.39 is 6.04 Å². The number of nitrogens with zero attached hydrogens (tertiary/aromatic N) is 2. The molecule has 0 saturated carbocycles. The molecule has 1 fully saturated rings. The average Bonchev–Trinajstić information content (AvgIpc) is 2.49. The molecule has 0 aliphatic carbocycles. The van der Waals surface area contributed by atoms with Crippen LogP contribution >= 0.6 is 23.2 Å². The van der Waals surface area contributed by atoms with Crippen molar-refractivity contribution >= 4 is 35.1 Å². The van der Waals surface area contributed by atoms with Crippen LogP contribution in [0.25, 0.3) is 0 Å². The molecule has 1 atom stereocenters. The number of hydrogen-bond donors (Lipinski definition) is 0. The van der Waals surface area contributed by atoms with Gasteiger partial charge in [0.25, 0.3) is 5.91 Å². The number of esters is 1. The normalized spacial score (nSPS) is 18.4. The molecule has 1 saturated heterocycles. The van der Waals surface area contributed by atoms with Crippen LogP contribution in [-0.2, 0) is 9.53 Å². The molecule has 1 aliphatic heterocycles. The molecule has 1 aromatic rings. The molecule has 0 bridgehead atoms. The van der Waals surface area contributed by atoms with Crippen molar-refractivity contribution in [1.29, 1.82) is 0 Å². The summed E-state index contributed by atoms with van der Waals surface area (Å²) in [5, 5.41) is 0.362. The first-order valence-corrected chi connectivity index (χ1v) is 7.58. The zero-order valence-corrected chi connectivity index (χ0v) is 13.2. The van der Waals surface area contributed by atoms with Gasteiger partial charge in [-0.25, -0.2) is 9.78 Å². The van der Waals surface area contributed by atoms with E-state index in [1.807, 2.05) is 0 Å². The van der Waals surface area contributed by atoms with Crippen LogP contribution in [0.2, 0.25) is 10.2 Å². The third-order valence-electron chi connectivity index (χ3n) is 3.37. The van der Waals surface area contributed by atoms with E-state index in [-0.39, 0.29) is 22.1 Å². The van der Waals surface area contributed by atoms with Crippen molar-refractivity contribution in [3.63, 3.8) is 0 Å². The zero-order valence-electron chi connectivity index (χ0n) is 11.6. The summed E-state index contributed by atoms with van der Waals surface area (Å²) < 4.78 is 5.04. The highest BCUT2D eigenvalue weighted by Gasteiger charge is 2.33. The molecule has 2 heterocycles. The van der Waals surface area contributed by atoms with Gasteiger partial charge in [0.1, 0.15) is 11.2 Å². The fourth-order valence-electron chi connectivity index (χ4n) is 2.36. The predicted molar refractivity (Wildman–Crippen MR) is 79.6 cm³/mol. The summed E-state index contributed by atoms with van der Waals surface area (Å²) in [6, 6.07) is 0.927. The van der Waals surface area contributed by atoms with E-state index >= 15 is 0 Å². The molecule has 1 amide bonds. The smallest absolute Gasteiger partial charge is 0.328 e. The molecule has 114 valence electrons. The fourth-order valence-corrected chi connectivity index (χ4v) is 2.63. The van der Waals surface area contributed by atoms with E-state index in [4.69, 9.17) is 27.9 Å². The molecule has 1 aliphatic rings. The summed E-state index contributed by atoms with van der Waals surface area (Å²) in [5.41, 5.74) is 0.320. The highest BCUT2D eigenvalue weighted by Crippen LogP contribution is 2.24. The molecule has 0 N–H and O–H groups in total. The van der Waals surface area contributed by atoms with Crippen LogP contribution in [0.15, 0.2) is 12.3 Å². The van der Waals surface area contributed by atoms with Crippen molar-refractivity contribution in [2.24, 2.45) is 0 Å². The summed E-state index contributed by atoms with van der Waals surface area (Å²) in [4.78, 5) is 29.9. The van der Waals surface area contributed by atoms with Gasteiger partial charge in [-0.3, -0.25) is 4.79 Å². The minimum atomic E-state index is -0.541. The second-order valence-electron chi connectivity index (χ2n) is 4.76. The lowest BCUT2D eigenvalue weighted by atomic mass is 10.0. The highest BCUT2D eigenvalue weighted by molar-refractivity contribution is 6.41. The Morgan fingerprint density at radius 3 is 2.86 bits per heavy atom. The maximum Gasteiger partial charge on any atom is 0.328 e. The number of aromatic nitrogens is 1. The summed E-state index contributed by atoms with van der Waals surface area (Å²) in [5.74, 6) is -0.641. The summed E-state index contributed by atoms with van der Waals surface area (Å²) >= 11 is 11.6. The zero-order chi connectivity index (χ0) is 15.4. The van der Waals surface area contributed by atoms with Gasteiger partial charge in [0.05, 0.1) is 17.2 Å². The Morgan fingerprint density at radius 1 is 1.43 bits per heavy atom. The van der Waals surface area contributed by atoms with Gasteiger partial charge in [-0.05, 0) is 32.3 Å². The standard InChI is InChI=1S/C14H16Cl2N2O3/c1-2-21-14(20)11-5-3-4-6-18(11)13(19)9-7-10(15)12(16)17-8-9/h7-8,11H,2-6H2,1H3. The Bertz CT molecular complexity index is 551.